The van der Waals surface area contributed by atoms with Gasteiger partial charge in [0.05, 0.1) is 13.5 Å². The number of aryl methyl sites for hydroxylation is 1. The predicted molar refractivity (Wildman–Crippen MR) is 89.8 cm³/mol. The molecule has 5 nitrogen and oxygen atoms in total. The number of methoxy groups -OCH3 is 1. The van der Waals surface area contributed by atoms with E-state index in [1.54, 1.807) is 13.0 Å². The van der Waals surface area contributed by atoms with Crippen molar-refractivity contribution in [2.75, 3.05) is 7.11 Å². The van der Waals surface area contributed by atoms with E-state index >= 15 is 0 Å². The smallest absolute Gasteiger partial charge is 0.341 e. The van der Waals surface area contributed by atoms with Crippen LogP contribution in [-0.4, -0.2) is 19.0 Å². The summed E-state index contributed by atoms with van der Waals surface area (Å²) in [6, 6.07) is 1.60. The molecule has 0 atom stereocenters. The Morgan fingerprint density at radius 2 is 1.76 bits per heavy atom. The minimum absolute atomic E-state index is 0.0725. The first-order valence-corrected chi connectivity index (χ1v) is 9.29. The third kappa shape index (κ3) is 3.21. The highest BCUT2D eigenvalue weighted by Gasteiger charge is 2.51. The average molecular weight is 346 g/mol. The van der Waals surface area contributed by atoms with Gasteiger partial charge in [0.1, 0.15) is 23.7 Å². The first kappa shape index (κ1) is 16.7. The van der Waals surface area contributed by atoms with Gasteiger partial charge in [-0.2, -0.15) is 0 Å². The summed E-state index contributed by atoms with van der Waals surface area (Å²) in [6.45, 7) is 1.77. The van der Waals surface area contributed by atoms with E-state index in [4.69, 9.17) is 13.9 Å². The van der Waals surface area contributed by atoms with Crippen LogP contribution in [0.25, 0.3) is 0 Å². The van der Waals surface area contributed by atoms with Crippen LogP contribution in [0.15, 0.2) is 10.5 Å². The first-order valence-electron chi connectivity index (χ1n) is 9.29. The van der Waals surface area contributed by atoms with Crippen molar-refractivity contribution in [1.29, 1.82) is 0 Å². The van der Waals surface area contributed by atoms with Crippen molar-refractivity contribution in [3.05, 3.63) is 23.2 Å². The van der Waals surface area contributed by atoms with E-state index in [1.165, 1.54) is 45.6 Å². The number of esters is 2. The van der Waals surface area contributed by atoms with Crippen LogP contribution in [0.4, 0.5) is 0 Å². The molecule has 4 bridgehead atoms. The summed E-state index contributed by atoms with van der Waals surface area (Å²) < 4.78 is 15.7. The molecule has 1 aromatic heterocycles. The second-order valence-electron chi connectivity index (χ2n) is 8.43. The van der Waals surface area contributed by atoms with E-state index in [0.717, 1.165) is 17.8 Å². The van der Waals surface area contributed by atoms with Crippen LogP contribution in [0.3, 0.4) is 0 Å². The molecule has 136 valence electrons. The summed E-state index contributed by atoms with van der Waals surface area (Å²) in [5.41, 5.74) is 0.567. The maximum absolute atomic E-state index is 12.4. The molecule has 4 aliphatic carbocycles. The van der Waals surface area contributed by atoms with Gasteiger partial charge in [-0.05, 0) is 74.7 Å². The SMILES string of the molecule is COC(=O)c1cc(COC(=O)CC23CC4CC(CC(C4)C2)C3)oc1C. The van der Waals surface area contributed by atoms with Crippen molar-refractivity contribution in [2.45, 2.75) is 58.5 Å². The third-order valence-corrected chi connectivity index (χ3v) is 6.43. The molecule has 4 saturated carbocycles. The Hall–Kier alpha value is -1.78. The molecule has 0 unspecified atom stereocenters. The molecule has 0 spiro atoms. The summed E-state index contributed by atoms with van der Waals surface area (Å²) >= 11 is 0. The van der Waals surface area contributed by atoms with E-state index in [9.17, 15) is 9.59 Å². The standard InChI is InChI=1S/C20H26O5/c1-12-17(19(22)23-2)6-16(25-12)11-24-18(21)10-20-7-13-3-14(8-20)5-15(4-13)9-20/h6,13-15H,3-5,7-11H2,1-2H3. The number of furan rings is 1. The molecular formula is C20H26O5. The predicted octanol–water partition coefficient (Wildman–Crippen LogP) is 4.02. The lowest BCUT2D eigenvalue weighted by Gasteiger charge is -2.56. The Bertz CT molecular complexity index is 651. The second-order valence-corrected chi connectivity index (χ2v) is 8.43. The van der Waals surface area contributed by atoms with Gasteiger partial charge in [0.15, 0.2) is 0 Å². The first-order chi connectivity index (χ1) is 12.0. The van der Waals surface area contributed by atoms with Crippen LogP contribution in [0, 0.1) is 30.1 Å². The summed E-state index contributed by atoms with van der Waals surface area (Å²) in [5.74, 6) is 2.87. The van der Waals surface area contributed by atoms with Crippen molar-refractivity contribution in [3.8, 4) is 0 Å². The van der Waals surface area contributed by atoms with Gasteiger partial charge >= 0.3 is 11.9 Å². The van der Waals surface area contributed by atoms with Gasteiger partial charge in [-0.25, -0.2) is 4.79 Å². The number of rotatable bonds is 5. The summed E-state index contributed by atoms with van der Waals surface area (Å²) in [6.07, 6.45) is 8.23. The molecule has 5 rings (SSSR count). The van der Waals surface area contributed by atoms with Crippen molar-refractivity contribution < 1.29 is 23.5 Å². The fourth-order valence-electron chi connectivity index (χ4n) is 5.94. The average Bonchev–Trinajstić information content (AvgIpc) is 2.91. The Morgan fingerprint density at radius 3 is 2.32 bits per heavy atom. The van der Waals surface area contributed by atoms with Crippen LogP contribution >= 0.6 is 0 Å². The highest BCUT2D eigenvalue weighted by Crippen LogP contribution is 2.61. The van der Waals surface area contributed by atoms with Gasteiger partial charge in [0.25, 0.3) is 0 Å². The van der Waals surface area contributed by atoms with Crippen LogP contribution in [0.5, 0.6) is 0 Å². The van der Waals surface area contributed by atoms with Gasteiger partial charge in [0.2, 0.25) is 0 Å². The molecule has 1 aromatic rings. The summed E-state index contributed by atoms with van der Waals surface area (Å²) in [7, 11) is 1.33. The molecule has 4 aliphatic rings. The maximum Gasteiger partial charge on any atom is 0.341 e. The Kier molecular flexibility index (Phi) is 4.13. The van der Waals surface area contributed by atoms with Gasteiger partial charge in [-0.1, -0.05) is 0 Å². The number of hydrogen-bond donors (Lipinski definition) is 0. The number of ether oxygens (including phenoxy) is 2. The lowest BCUT2D eigenvalue weighted by atomic mass is 9.49. The van der Waals surface area contributed by atoms with E-state index in [1.807, 2.05) is 0 Å². The zero-order valence-corrected chi connectivity index (χ0v) is 15.0. The van der Waals surface area contributed by atoms with Gasteiger partial charge in [-0.3, -0.25) is 4.79 Å². The molecule has 25 heavy (non-hydrogen) atoms. The topological polar surface area (TPSA) is 65.7 Å². The van der Waals surface area contributed by atoms with E-state index in [0.29, 0.717) is 23.5 Å². The zero-order valence-electron chi connectivity index (χ0n) is 15.0. The fraction of sp³-hybridized carbons (Fsp3) is 0.700. The van der Waals surface area contributed by atoms with Crippen molar-refractivity contribution in [2.24, 2.45) is 23.2 Å². The number of carbonyl (C=O) groups excluding carboxylic acids is 2. The Balaban J connectivity index is 1.35. The fourth-order valence-corrected chi connectivity index (χ4v) is 5.94. The monoisotopic (exact) mass is 346 g/mol. The molecular weight excluding hydrogens is 320 g/mol. The van der Waals surface area contributed by atoms with Crippen LogP contribution < -0.4 is 0 Å². The second kappa shape index (κ2) is 6.19. The molecule has 0 amide bonds. The highest BCUT2D eigenvalue weighted by molar-refractivity contribution is 5.90. The molecule has 0 saturated heterocycles. The van der Waals surface area contributed by atoms with E-state index in [-0.39, 0.29) is 18.0 Å². The molecule has 4 fully saturated rings. The maximum atomic E-state index is 12.4. The van der Waals surface area contributed by atoms with Crippen LogP contribution in [0.2, 0.25) is 0 Å². The molecule has 0 N–H and O–H groups in total. The third-order valence-electron chi connectivity index (χ3n) is 6.43. The molecule has 0 aliphatic heterocycles. The van der Waals surface area contributed by atoms with E-state index < -0.39 is 5.97 Å². The van der Waals surface area contributed by atoms with Crippen molar-refractivity contribution >= 4 is 11.9 Å². The Labute approximate surface area is 148 Å². The summed E-state index contributed by atoms with van der Waals surface area (Å²) in [4.78, 5) is 24.0. The Morgan fingerprint density at radius 1 is 1.16 bits per heavy atom. The zero-order chi connectivity index (χ0) is 17.6. The highest BCUT2D eigenvalue weighted by atomic mass is 16.5. The minimum atomic E-state index is -0.438. The van der Waals surface area contributed by atoms with Gasteiger partial charge < -0.3 is 13.9 Å². The van der Waals surface area contributed by atoms with Crippen molar-refractivity contribution in [3.63, 3.8) is 0 Å². The molecule has 0 radical (unpaired) electrons. The molecule has 1 heterocycles. The van der Waals surface area contributed by atoms with Gasteiger partial charge in [-0.15, -0.1) is 0 Å². The molecule has 5 heteroatoms. The lowest BCUT2D eigenvalue weighted by molar-refractivity contribution is -0.153. The van der Waals surface area contributed by atoms with Crippen LogP contribution in [-0.2, 0) is 20.9 Å². The quantitative estimate of drug-likeness (QED) is 0.753. The normalized spacial score (nSPS) is 32.6. The lowest BCUT2D eigenvalue weighted by Crippen LogP contribution is -2.47. The number of carbonyl (C=O) groups is 2. The van der Waals surface area contributed by atoms with Crippen molar-refractivity contribution in [1.82, 2.24) is 0 Å². The van der Waals surface area contributed by atoms with E-state index in [2.05, 4.69) is 0 Å². The van der Waals surface area contributed by atoms with Crippen LogP contribution in [0.1, 0.15) is 66.8 Å². The minimum Gasteiger partial charge on any atom is -0.465 e. The number of hydrogen-bond acceptors (Lipinski definition) is 5. The largest absolute Gasteiger partial charge is 0.465 e. The summed E-state index contributed by atoms with van der Waals surface area (Å²) in [5, 5.41) is 0. The van der Waals surface area contributed by atoms with Gasteiger partial charge in [0, 0.05) is 0 Å². The molecule has 0 aromatic carbocycles.